The number of benzene rings is 1. The van der Waals surface area contributed by atoms with Crippen molar-refractivity contribution >= 4 is 5.91 Å². The van der Waals surface area contributed by atoms with Gasteiger partial charge in [-0.05, 0) is 56.8 Å². The summed E-state index contributed by atoms with van der Waals surface area (Å²) in [6.07, 6.45) is 6.99. The fourth-order valence-corrected chi connectivity index (χ4v) is 5.05. The molecule has 0 saturated carbocycles. The van der Waals surface area contributed by atoms with Crippen molar-refractivity contribution in [1.29, 1.82) is 0 Å². The third-order valence-corrected chi connectivity index (χ3v) is 6.75. The molecule has 1 amide bonds. The molecule has 2 fully saturated rings. The number of amides is 1. The fraction of sp³-hybridized carbons (Fsp3) is 0.625. The molecule has 2 atom stereocenters. The molecule has 33 heavy (non-hydrogen) atoms. The number of carbonyl (C=O) groups is 1. The van der Waals surface area contributed by atoms with Crippen molar-refractivity contribution in [1.82, 2.24) is 20.4 Å². The van der Waals surface area contributed by atoms with Crippen molar-refractivity contribution in [2.24, 2.45) is 5.92 Å². The Morgan fingerprint density at radius 2 is 1.85 bits per heavy atom. The first-order valence-corrected chi connectivity index (χ1v) is 11.8. The van der Waals surface area contributed by atoms with Gasteiger partial charge < -0.3 is 29.0 Å². The van der Waals surface area contributed by atoms with Gasteiger partial charge in [0.25, 0.3) is 0 Å². The van der Waals surface area contributed by atoms with E-state index in [4.69, 9.17) is 18.7 Å². The first-order chi connectivity index (χ1) is 16.1. The Morgan fingerprint density at radius 1 is 1.09 bits per heavy atom. The lowest BCUT2D eigenvalue weighted by molar-refractivity contribution is -0.121. The minimum absolute atomic E-state index is 0.0236. The van der Waals surface area contributed by atoms with Gasteiger partial charge in [-0.25, -0.2) is 0 Å². The molecule has 180 valence electrons. The standard InChI is InChI=1S/C24H34N4O5/c1-30-19-13-17(14-20(31-2)23(19)32-3)24-26-22(33-27-24)10-9-21(29)25-15-16-7-6-12-28-11-5-4-8-18(16)28/h13-14,16,18H,4-12,15H2,1-3H3,(H,25,29)/t16-,18-/m0/s1. The SMILES string of the molecule is COc1cc(-c2noc(CCC(=O)NC[C@@H]3CCCN4CCCC[C@@H]34)n2)cc(OC)c1OC. The second-order valence-corrected chi connectivity index (χ2v) is 8.73. The number of aromatic nitrogens is 2. The maximum atomic E-state index is 12.5. The van der Waals surface area contributed by atoms with E-state index in [-0.39, 0.29) is 5.91 Å². The lowest BCUT2D eigenvalue weighted by Gasteiger charge is -2.44. The summed E-state index contributed by atoms with van der Waals surface area (Å²) in [5.41, 5.74) is 0.679. The molecule has 4 rings (SSSR count). The molecule has 2 aliphatic heterocycles. The molecular formula is C24H34N4O5. The Bertz CT molecular complexity index is 920. The third kappa shape index (κ3) is 5.40. The van der Waals surface area contributed by atoms with Gasteiger partial charge >= 0.3 is 0 Å². The maximum absolute atomic E-state index is 12.5. The zero-order chi connectivity index (χ0) is 23.2. The van der Waals surface area contributed by atoms with Crippen LogP contribution in [-0.4, -0.2) is 68.0 Å². The maximum Gasteiger partial charge on any atom is 0.227 e. The summed E-state index contributed by atoms with van der Waals surface area (Å²) in [6.45, 7) is 3.17. The van der Waals surface area contributed by atoms with Gasteiger partial charge in [0.1, 0.15) is 0 Å². The first kappa shape index (κ1) is 23.4. The molecule has 3 heterocycles. The third-order valence-electron chi connectivity index (χ3n) is 6.75. The monoisotopic (exact) mass is 458 g/mol. The molecule has 2 saturated heterocycles. The van der Waals surface area contributed by atoms with Crippen molar-refractivity contribution in [3.05, 3.63) is 18.0 Å². The molecule has 2 aliphatic rings. The Hall–Kier alpha value is -2.81. The Kier molecular flexibility index (Phi) is 7.69. The van der Waals surface area contributed by atoms with Gasteiger partial charge in [-0.3, -0.25) is 4.79 Å². The fourth-order valence-electron chi connectivity index (χ4n) is 5.05. The van der Waals surface area contributed by atoms with E-state index in [2.05, 4.69) is 20.4 Å². The van der Waals surface area contributed by atoms with Crippen molar-refractivity contribution in [2.75, 3.05) is 41.0 Å². The topological polar surface area (TPSA) is 99.0 Å². The van der Waals surface area contributed by atoms with Gasteiger partial charge in [0.2, 0.25) is 23.4 Å². The number of ether oxygens (including phenoxy) is 3. The molecule has 0 unspecified atom stereocenters. The molecule has 0 aliphatic carbocycles. The summed E-state index contributed by atoms with van der Waals surface area (Å²) in [6, 6.07) is 4.16. The number of nitrogens with zero attached hydrogens (tertiary/aromatic N) is 3. The zero-order valence-corrected chi connectivity index (χ0v) is 19.8. The number of rotatable bonds is 9. The summed E-state index contributed by atoms with van der Waals surface area (Å²) < 4.78 is 21.5. The average Bonchev–Trinajstić information content (AvgIpc) is 3.34. The molecule has 0 radical (unpaired) electrons. The highest BCUT2D eigenvalue weighted by Gasteiger charge is 2.32. The van der Waals surface area contributed by atoms with Crippen LogP contribution in [0.3, 0.4) is 0 Å². The molecule has 0 spiro atoms. The van der Waals surface area contributed by atoms with Crippen LogP contribution in [0.5, 0.6) is 17.2 Å². The second-order valence-electron chi connectivity index (χ2n) is 8.73. The number of methoxy groups -OCH3 is 3. The summed E-state index contributed by atoms with van der Waals surface area (Å²) in [7, 11) is 4.66. The van der Waals surface area contributed by atoms with E-state index in [0.717, 1.165) is 6.54 Å². The molecule has 1 aromatic carbocycles. The molecule has 0 bridgehead atoms. The van der Waals surface area contributed by atoms with E-state index in [1.165, 1.54) is 45.2 Å². The number of hydrogen-bond donors (Lipinski definition) is 1. The number of aryl methyl sites for hydroxylation is 1. The molecule has 1 aromatic heterocycles. The lowest BCUT2D eigenvalue weighted by Crippen LogP contribution is -2.51. The van der Waals surface area contributed by atoms with Crippen LogP contribution in [0.25, 0.3) is 11.4 Å². The quantitative estimate of drug-likeness (QED) is 0.612. The number of nitrogens with one attached hydrogen (secondary N) is 1. The van der Waals surface area contributed by atoms with E-state index in [1.54, 1.807) is 33.5 Å². The van der Waals surface area contributed by atoms with Gasteiger partial charge in [0.05, 0.1) is 21.3 Å². The Morgan fingerprint density at radius 3 is 2.58 bits per heavy atom. The molecule has 2 aromatic rings. The first-order valence-electron chi connectivity index (χ1n) is 11.8. The van der Waals surface area contributed by atoms with Crippen LogP contribution < -0.4 is 19.5 Å². The van der Waals surface area contributed by atoms with E-state index in [9.17, 15) is 4.79 Å². The normalized spacial score (nSPS) is 20.7. The number of hydrogen-bond acceptors (Lipinski definition) is 8. The Balaban J connectivity index is 1.31. The van der Waals surface area contributed by atoms with E-state index >= 15 is 0 Å². The molecule has 1 N–H and O–H groups in total. The second kappa shape index (κ2) is 10.9. The minimum atomic E-state index is 0.0236. The number of piperidine rings is 2. The predicted molar refractivity (Wildman–Crippen MR) is 123 cm³/mol. The molecular weight excluding hydrogens is 424 g/mol. The molecule has 9 heteroatoms. The van der Waals surface area contributed by atoms with Crippen LogP contribution in [0.1, 0.15) is 44.4 Å². The smallest absolute Gasteiger partial charge is 0.227 e. The Labute approximate surface area is 194 Å². The van der Waals surface area contributed by atoms with Crippen LogP contribution in [0.15, 0.2) is 16.7 Å². The summed E-state index contributed by atoms with van der Waals surface area (Å²) >= 11 is 0. The largest absolute Gasteiger partial charge is 0.493 e. The summed E-state index contributed by atoms with van der Waals surface area (Å²) in [5, 5.41) is 7.19. The van der Waals surface area contributed by atoms with Gasteiger partial charge in [-0.1, -0.05) is 11.6 Å². The summed E-state index contributed by atoms with van der Waals surface area (Å²) in [4.78, 5) is 19.5. The highest BCUT2D eigenvalue weighted by molar-refractivity contribution is 5.76. The summed E-state index contributed by atoms with van der Waals surface area (Å²) in [5.74, 6) is 2.93. The average molecular weight is 459 g/mol. The van der Waals surface area contributed by atoms with Crippen molar-refractivity contribution in [3.63, 3.8) is 0 Å². The van der Waals surface area contributed by atoms with Gasteiger partial charge in [0.15, 0.2) is 11.5 Å². The van der Waals surface area contributed by atoms with Gasteiger partial charge in [-0.2, -0.15) is 4.98 Å². The predicted octanol–water partition coefficient (Wildman–Crippen LogP) is 3.08. The van der Waals surface area contributed by atoms with Crippen LogP contribution in [0.4, 0.5) is 0 Å². The number of carbonyl (C=O) groups excluding carboxylic acids is 1. The minimum Gasteiger partial charge on any atom is -0.493 e. The van der Waals surface area contributed by atoms with Crippen LogP contribution >= 0.6 is 0 Å². The highest BCUT2D eigenvalue weighted by Crippen LogP contribution is 2.40. The zero-order valence-electron chi connectivity index (χ0n) is 19.8. The van der Waals surface area contributed by atoms with Crippen molar-refractivity contribution in [2.45, 2.75) is 51.0 Å². The van der Waals surface area contributed by atoms with Gasteiger partial charge in [0, 0.05) is 31.0 Å². The van der Waals surface area contributed by atoms with E-state index in [1.807, 2.05) is 0 Å². The van der Waals surface area contributed by atoms with Crippen molar-refractivity contribution < 1.29 is 23.5 Å². The lowest BCUT2D eigenvalue weighted by atomic mass is 9.83. The molecule has 9 nitrogen and oxygen atoms in total. The van der Waals surface area contributed by atoms with Crippen LogP contribution in [-0.2, 0) is 11.2 Å². The van der Waals surface area contributed by atoms with Crippen LogP contribution in [0.2, 0.25) is 0 Å². The van der Waals surface area contributed by atoms with E-state index < -0.39 is 0 Å². The highest BCUT2D eigenvalue weighted by atomic mass is 16.5. The van der Waals surface area contributed by atoms with Crippen molar-refractivity contribution in [3.8, 4) is 28.6 Å². The number of fused-ring (bicyclic) bond motifs is 1. The van der Waals surface area contributed by atoms with Gasteiger partial charge in [-0.15, -0.1) is 0 Å². The van der Waals surface area contributed by atoms with E-state index in [0.29, 0.717) is 59.3 Å². The van der Waals surface area contributed by atoms with Crippen LogP contribution in [0, 0.1) is 5.92 Å².